The first-order valence-electron chi connectivity index (χ1n) is 20.9. The number of piperidine rings is 2. The maximum atomic E-state index is 12.8. The minimum absolute atomic E-state index is 0.0852. The Hall–Kier alpha value is -3.49. The highest BCUT2D eigenvalue weighted by molar-refractivity contribution is 9.10. The Balaban J connectivity index is 0.000000235. The number of pyridine rings is 2. The first-order valence-corrected chi connectivity index (χ1v) is 30.6. The summed E-state index contributed by atoms with van der Waals surface area (Å²) in [4.78, 5) is 10.7. The lowest BCUT2D eigenvalue weighted by molar-refractivity contribution is 0.490. The van der Waals surface area contributed by atoms with Gasteiger partial charge in [-0.1, -0.05) is 93.9 Å². The quantitative estimate of drug-likeness (QED) is 0.124. The summed E-state index contributed by atoms with van der Waals surface area (Å²) in [7, 11) is -10.8. The van der Waals surface area contributed by atoms with Crippen molar-refractivity contribution >= 4 is 69.9 Å². The third-order valence-corrected chi connectivity index (χ3v) is 24.7. The molecule has 0 atom stereocenters. The first-order chi connectivity index (χ1) is 28.4. The van der Waals surface area contributed by atoms with Gasteiger partial charge in [-0.05, 0) is 124 Å². The van der Waals surface area contributed by atoms with E-state index in [1.54, 1.807) is 36.7 Å². The van der Waals surface area contributed by atoms with Gasteiger partial charge in [0.25, 0.3) is 16.6 Å². The van der Waals surface area contributed by atoms with E-state index in [0.717, 1.165) is 36.3 Å². The molecule has 17 heteroatoms. The van der Waals surface area contributed by atoms with Crippen molar-refractivity contribution < 1.29 is 25.7 Å². The number of sulfonamides is 2. The molecule has 2 aromatic carbocycles. The van der Waals surface area contributed by atoms with Gasteiger partial charge in [0.15, 0.2) is 0 Å². The number of rotatable bonds is 11. The van der Waals surface area contributed by atoms with E-state index in [9.17, 15) is 16.8 Å². The lowest BCUT2D eigenvalue weighted by atomic mass is 10.1. The zero-order valence-corrected chi connectivity index (χ0v) is 42.8. The predicted octanol–water partition coefficient (Wildman–Crippen LogP) is 10.3. The molecule has 3 N–H and O–H groups in total. The Morgan fingerprint density at radius 2 is 1.02 bits per heavy atom. The summed E-state index contributed by atoms with van der Waals surface area (Å²) in [5.41, 5.74) is 1.14. The molecule has 0 bridgehead atoms. The smallest absolute Gasteiger partial charge is 0.250 e. The number of benzene rings is 2. The summed E-state index contributed by atoms with van der Waals surface area (Å²) in [5, 5.41) is 2.58. The van der Waals surface area contributed by atoms with E-state index in [1.165, 1.54) is 0 Å². The fourth-order valence-electron chi connectivity index (χ4n) is 5.94. The van der Waals surface area contributed by atoms with Gasteiger partial charge in [-0.2, -0.15) is 0 Å². The van der Waals surface area contributed by atoms with Gasteiger partial charge < -0.3 is 19.1 Å². The Morgan fingerprint density at radius 3 is 1.36 bits per heavy atom. The van der Waals surface area contributed by atoms with Crippen molar-refractivity contribution in [1.29, 1.82) is 0 Å². The minimum atomic E-state index is -3.48. The number of para-hydroxylation sites is 1. The molecule has 6 rings (SSSR count). The highest BCUT2D eigenvalue weighted by Crippen LogP contribution is 2.38. The van der Waals surface area contributed by atoms with E-state index in [2.05, 4.69) is 125 Å². The molecular formula is C44H67BrN6O6S2Si2. The lowest BCUT2D eigenvalue weighted by Crippen LogP contribution is -2.43. The largest absolute Gasteiger partial charge is 0.542 e. The van der Waals surface area contributed by atoms with Crippen LogP contribution in [-0.4, -0.2) is 80.1 Å². The number of aromatic nitrogens is 2. The number of nitrogens with one attached hydrogen (secondary N) is 3. The van der Waals surface area contributed by atoms with Gasteiger partial charge in [0.1, 0.15) is 23.1 Å². The molecule has 2 saturated heterocycles. The van der Waals surface area contributed by atoms with E-state index >= 15 is 0 Å². The van der Waals surface area contributed by atoms with Crippen LogP contribution >= 0.6 is 15.9 Å². The standard InChI is InChI=1S/C22H33N3O3SSi.C16H29N3O3SSi.C6H5Br/c1-22(2,3)30(4,5)28-19-11-12-21(23-17-19)24-29(26,27)20-13-15-25(16-14-20)18-9-7-6-8-10-18;1-16(2,3)24(4,5)22-13-6-7-15(18-12-13)19-23(20,21)14-8-10-17-11-9-14;7-6-4-2-1-3-5-6/h6-12,17,20H,13-16H2,1-5H3,(H,23,24);6-7,12,14,17H,8-11H2,1-5H3,(H,18,19);1-5H. The molecule has 0 unspecified atom stereocenters. The molecule has 12 nitrogen and oxygen atoms in total. The summed E-state index contributed by atoms with van der Waals surface area (Å²) in [6, 6.07) is 27.0. The monoisotopic (exact) mass is 974 g/mol. The van der Waals surface area contributed by atoms with Crippen LogP contribution in [0, 0.1) is 0 Å². The van der Waals surface area contributed by atoms with Gasteiger partial charge in [0.2, 0.25) is 20.0 Å². The highest BCUT2D eigenvalue weighted by Gasteiger charge is 2.40. The van der Waals surface area contributed by atoms with Crippen LogP contribution in [0.5, 0.6) is 11.5 Å². The van der Waals surface area contributed by atoms with Crippen LogP contribution in [0.1, 0.15) is 67.2 Å². The summed E-state index contributed by atoms with van der Waals surface area (Å²) >= 11 is 3.31. The van der Waals surface area contributed by atoms with E-state index in [4.69, 9.17) is 8.85 Å². The van der Waals surface area contributed by atoms with Crippen molar-refractivity contribution in [1.82, 2.24) is 15.3 Å². The van der Waals surface area contributed by atoms with E-state index in [0.29, 0.717) is 48.8 Å². The average Bonchev–Trinajstić information content (AvgIpc) is 3.20. The summed E-state index contributed by atoms with van der Waals surface area (Å²) in [6.45, 7) is 24.7. The molecule has 0 amide bonds. The molecule has 0 aliphatic carbocycles. The molecule has 61 heavy (non-hydrogen) atoms. The second-order valence-electron chi connectivity index (χ2n) is 18.5. The van der Waals surface area contributed by atoms with Crippen molar-refractivity contribution in [3.05, 3.63) is 102 Å². The predicted molar refractivity (Wildman–Crippen MR) is 261 cm³/mol. The number of hydrogen-bond donors (Lipinski definition) is 3. The summed E-state index contributed by atoms with van der Waals surface area (Å²) in [5.74, 6) is 2.05. The zero-order valence-electron chi connectivity index (χ0n) is 37.5. The maximum Gasteiger partial charge on any atom is 0.250 e. The second kappa shape index (κ2) is 21.3. The normalized spacial score (nSPS) is 16.0. The molecule has 0 saturated carbocycles. The molecule has 2 aliphatic heterocycles. The minimum Gasteiger partial charge on any atom is -0.542 e. The fourth-order valence-corrected chi connectivity index (χ4v) is 11.1. The number of hydrogen-bond acceptors (Lipinski definition) is 10. The van der Waals surface area contributed by atoms with Crippen LogP contribution in [0.15, 0.2) is 102 Å². The summed E-state index contributed by atoms with van der Waals surface area (Å²) in [6.07, 6.45) is 5.65. The molecule has 2 fully saturated rings. The van der Waals surface area contributed by atoms with Crippen molar-refractivity contribution in [2.24, 2.45) is 0 Å². The SMILES string of the molecule is Brc1ccccc1.CC(C)(C)[Si](C)(C)Oc1ccc(NS(=O)(=O)C2CCN(c3ccccc3)CC2)nc1.CC(C)(C)[Si](C)(C)Oc1ccc(NS(=O)(=O)C2CCNCC2)nc1. The van der Waals surface area contributed by atoms with E-state index in [1.807, 2.05) is 48.5 Å². The number of anilines is 3. The zero-order chi connectivity index (χ0) is 45.1. The molecule has 4 aromatic rings. The van der Waals surface area contributed by atoms with E-state index < -0.39 is 41.9 Å². The van der Waals surface area contributed by atoms with Gasteiger partial charge in [-0.15, -0.1) is 0 Å². The van der Waals surface area contributed by atoms with Gasteiger partial charge in [0.05, 0.1) is 22.9 Å². The van der Waals surface area contributed by atoms with Crippen LogP contribution in [0.2, 0.25) is 36.3 Å². The lowest BCUT2D eigenvalue weighted by Gasteiger charge is -2.36. The Bertz CT molecular complexity index is 2160. The average molecular weight is 976 g/mol. The molecule has 2 aliphatic rings. The molecule has 0 spiro atoms. The molecule has 4 heterocycles. The third-order valence-electron chi connectivity index (χ3n) is 11.8. The van der Waals surface area contributed by atoms with Crippen LogP contribution in [0.3, 0.4) is 0 Å². The fraction of sp³-hybridized carbons (Fsp3) is 0.500. The van der Waals surface area contributed by atoms with Crippen molar-refractivity contribution in [3.8, 4) is 11.5 Å². The number of halogens is 1. The highest BCUT2D eigenvalue weighted by atomic mass is 79.9. The maximum absolute atomic E-state index is 12.8. The number of nitrogens with zero attached hydrogens (tertiary/aromatic N) is 3. The topological polar surface area (TPSA) is 152 Å². The molecule has 0 radical (unpaired) electrons. The first kappa shape index (κ1) is 50.2. The van der Waals surface area contributed by atoms with Gasteiger partial charge >= 0.3 is 0 Å². The molecule has 336 valence electrons. The van der Waals surface area contributed by atoms with Gasteiger partial charge in [-0.3, -0.25) is 9.44 Å². The molecule has 2 aromatic heterocycles. The van der Waals surface area contributed by atoms with Gasteiger partial charge in [-0.25, -0.2) is 26.8 Å². The summed E-state index contributed by atoms with van der Waals surface area (Å²) < 4.78 is 69.3. The van der Waals surface area contributed by atoms with Crippen molar-refractivity contribution in [2.45, 2.75) is 114 Å². The van der Waals surface area contributed by atoms with Crippen LogP contribution in [0.4, 0.5) is 17.3 Å². The van der Waals surface area contributed by atoms with Crippen molar-refractivity contribution in [2.75, 3.05) is 40.5 Å². The Kier molecular flexibility index (Phi) is 17.5. The van der Waals surface area contributed by atoms with E-state index in [-0.39, 0.29) is 15.3 Å². The second-order valence-corrected chi connectivity index (χ2v) is 32.8. The van der Waals surface area contributed by atoms with Crippen LogP contribution in [-0.2, 0) is 20.0 Å². The molecular weight excluding hydrogens is 909 g/mol. The van der Waals surface area contributed by atoms with Crippen molar-refractivity contribution in [3.63, 3.8) is 0 Å². The Labute approximate surface area is 376 Å². The third kappa shape index (κ3) is 15.4. The van der Waals surface area contributed by atoms with Gasteiger partial charge in [0, 0.05) is 23.2 Å². The van der Waals surface area contributed by atoms with Crippen LogP contribution < -0.4 is 28.5 Å². The Morgan fingerprint density at radius 1 is 0.623 bits per heavy atom. The van der Waals surface area contributed by atoms with Crippen LogP contribution in [0.25, 0.3) is 0 Å².